The molecule has 3 nitrogen and oxygen atoms in total. The van der Waals surface area contributed by atoms with Crippen LogP contribution in [0.3, 0.4) is 0 Å². The van der Waals surface area contributed by atoms with Crippen LogP contribution in [0.2, 0.25) is 0 Å². The van der Waals surface area contributed by atoms with E-state index in [-0.39, 0.29) is 5.97 Å². The van der Waals surface area contributed by atoms with Gasteiger partial charge in [0.2, 0.25) is 0 Å². The fraction of sp³-hybridized carbons (Fsp3) is 0.667. The lowest BCUT2D eigenvalue weighted by molar-refractivity contribution is -0.135. The minimum absolute atomic E-state index is 0.294. The van der Waals surface area contributed by atoms with Crippen molar-refractivity contribution in [3.63, 3.8) is 0 Å². The van der Waals surface area contributed by atoms with Crippen molar-refractivity contribution in [1.82, 2.24) is 0 Å². The molecule has 0 aliphatic heterocycles. The highest BCUT2D eigenvalue weighted by molar-refractivity contribution is 6.10. The van der Waals surface area contributed by atoms with Crippen LogP contribution in [0, 0.1) is 5.92 Å². The van der Waals surface area contributed by atoms with Gasteiger partial charge in [-0.25, -0.2) is 4.79 Å². The summed E-state index contributed by atoms with van der Waals surface area (Å²) >= 11 is 0. The fourth-order valence-electron chi connectivity index (χ4n) is 1.51. The van der Waals surface area contributed by atoms with E-state index in [9.17, 15) is 4.79 Å². The van der Waals surface area contributed by atoms with E-state index in [4.69, 9.17) is 4.74 Å². The van der Waals surface area contributed by atoms with Gasteiger partial charge in [-0.15, -0.1) is 0 Å². The van der Waals surface area contributed by atoms with E-state index in [1.807, 2.05) is 0 Å². The maximum Gasteiger partial charge on any atom is 0.339 e. The van der Waals surface area contributed by atoms with Crippen molar-refractivity contribution in [2.45, 2.75) is 33.6 Å². The number of hydrogen-bond donors (Lipinski definition) is 0. The summed E-state index contributed by atoms with van der Waals surface area (Å²) in [4.78, 5) is 15.5. The molecule has 0 unspecified atom stereocenters. The van der Waals surface area contributed by atoms with Crippen LogP contribution >= 0.6 is 0 Å². The van der Waals surface area contributed by atoms with Crippen LogP contribution in [-0.4, -0.2) is 26.3 Å². The monoisotopic (exact) mass is 211 g/mol. The Morgan fingerprint density at radius 3 is 2.40 bits per heavy atom. The summed E-state index contributed by atoms with van der Waals surface area (Å²) in [7, 11) is 3.06. The molecule has 0 aromatic heterocycles. The number of aliphatic imine (C=N–C) groups is 1. The van der Waals surface area contributed by atoms with Gasteiger partial charge in [0.25, 0.3) is 0 Å². The van der Waals surface area contributed by atoms with Crippen molar-refractivity contribution in [2.24, 2.45) is 10.9 Å². The maximum atomic E-state index is 11.6. The Bertz CT molecular complexity index is 265. The molecule has 0 N–H and O–H groups in total. The predicted octanol–water partition coefficient (Wildman–Crippen LogP) is 2.61. The lowest BCUT2D eigenvalue weighted by Gasteiger charge is -2.13. The molecule has 0 amide bonds. The average Bonchev–Trinajstić information content (AvgIpc) is 2.21. The van der Waals surface area contributed by atoms with Crippen molar-refractivity contribution in [3.05, 3.63) is 11.1 Å². The zero-order valence-electron chi connectivity index (χ0n) is 10.3. The van der Waals surface area contributed by atoms with Gasteiger partial charge < -0.3 is 4.74 Å². The van der Waals surface area contributed by atoms with E-state index in [1.54, 1.807) is 13.3 Å². The van der Waals surface area contributed by atoms with Gasteiger partial charge in [-0.1, -0.05) is 32.8 Å². The van der Waals surface area contributed by atoms with Gasteiger partial charge in [0.05, 0.1) is 12.7 Å². The maximum absolute atomic E-state index is 11.6. The molecule has 0 fully saturated rings. The molecule has 0 saturated heterocycles. The molecular weight excluding hydrogens is 190 g/mol. The number of carbonyl (C=O) groups excluding carboxylic acids is 1. The summed E-state index contributed by atoms with van der Waals surface area (Å²) in [5, 5.41) is 0. The van der Waals surface area contributed by atoms with Crippen molar-refractivity contribution >= 4 is 12.2 Å². The fourth-order valence-corrected chi connectivity index (χ4v) is 1.51. The first-order valence-electron chi connectivity index (χ1n) is 5.31. The quantitative estimate of drug-likeness (QED) is 0.398. The number of allylic oxidation sites excluding steroid dienone is 1. The number of hydrogen-bond acceptors (Lipinski definition) is 3. The van der Waals surface area contributed by atoms with Crippen molar-refractivity contribution in [3.8, 4) is 0 Å². The molecule has 0 heterocycles. The summed E-state index contributed by atoms with van der Waals surface area (Å²) in [6.45, 7) is 6.26. The number of methoxy groups -OCH3 is 1. The standard InChI is InChI=1S/C12H21NO2/c1-6-7-10(9(2)3)11(8-13-4)12(14)15-5/h8-9H,6-7H2,1-5H3. The molecule has 0 aliphatic rings. The average molecular weight is 211 g/mol. The van der Waals surface area contributed by atoms with Crippen LogP contribution in [0.5, 0.6) is 0 Å². The highest BCUT2D eigenvalue weighted by atomic mass is 16.5. The minimum atomic E-state index is -0.294. The lowest BCUT2D eigenvalue weighted by Crippen LogP contribution is -2.12. The van der Waals surface area contributed by atoms with E-state index < -0.39 is 0 Å². The van der Waals surface area contributed by atoms with Gasteiger partial charge in [0.15, 0.2) is 0 Å². The van der Waals surface area contributed by atoms with Crippen LogP contribution in [0.25, 0.3) is 0 Å². The van der Waals surface area contributed by atoms with Crippen LogP contribution in [-0.2, 0) is 9.53 Å². The summed E-state index contributed by atoms with van der Waals surface area (Å²) in [6, 6.07) is 0. The van der Waals surface area contributed by atoms with Crippen molar-refractivity contribution in [2.75, 3.05) is 14.2 Å². The van der Waals surface area contributed by atoms with Gasteiger partial charge in [0, 0.05) is 13.3 Å². The molecule has 0 radical (unpaired) electrons. The van der Waals surface area contributed by atoms with Gasteiger partial charge in [-0.05, 0) is 12.3 Å². The predicted molar refractivity (Wildman–Crippen MR) is 63.2 cm³/mol. The minimum Gasteiger partial charge on any atom is -0.465 e. The van der Waals surface area contributed by atoms with Gasteiger partial charge in [0.1, 0.15) is 0 Å². The topological polar surface area (TPSA) is 38.7 Å². The molecule has 3 heteroatoms. The smallest absolute Gasteiger partial charge is 0.339 e. The third-order valence-corrected chi connectivity index (χ3v) is 2.23. The normalized spacial score (nSPS) is 13.2. The third-order valence-electron chi connectivity index (χ3n) is 2.23. The molecular formula is C12H21NO2. The van der Waals surface area contributed by atoms with Crippen molar-refractivity contribution in [1.29, 1.82) is 0 Å². The summed E-state index contributed by atoms with van der Waals surface area (Å²) in [5.41, 5.74) is 1.73. The molecule has 0 aromatic carbocycles. The SMILES string of the molecule is CCCC(=C(C=NC)C(=O)OC)C(C)C. The molecule has 0 atom stereocenters. The van der Waals surface area contributed by atoms with E-state index in [2.05, 4.69) is 25.8 Å². The summed E-state index contributed by atoms with van der Waals surface area (Å²) in [5.74, 6) is 0.0507. The molecule has 0 aliphatic carbocycles. The zero-order valence-corrected chi connectivity index (χ0v) is 10.3. The molecule has 0 bridgehead atoms. The Hall–Kier alpha value is -1.12. The highest BCUT2D eigenvalue weighted by Gasteiger charge is 2.15. The summed E-state index contributed by atoms with van der Waals surface area (Å²) in [6.07, 6.45) is 3.52. The number of esters is 1. The Morgan fingerprint density at radius 1 is 1.47 bits per heavy atom. The molecule has 0 saturated carbocycles. The van der Waals surface area contributed by atoms with Gasteiger partial charge >= 0.3 is 5.97 Å². The molecule has 0 aromatic rings. The molecule has 86 valence electrons. The van der Waals surface area contributed by atoms with E-state index in [1.165, 1.54) is 7.11 Å². The second-order valence-electron chi connectivity index (χ2n) is 3.72. The van der Waals surface area contributed by atoms with E-state index in [0.717, 1.165) is 18.4 Å². The Kier molecular flexibility index (Phi) is 6.67. The van der Waals surface area contributed by atoms with Crippen LogP contribution in [0.1, 0.15) is 33.6 Å². The number of nitrogens with zero attached hydrogens (tertiary/aromatic N) is 1. The largest absolute Gasteiger partial charge is 0.465 e. The zero-order chi connectivity index (χ0) is 11.8. The van der Waals surface area contributed by atoms with Crippen LogP contribution in [0.4, 0.5) is 0 Å². The van der Waals surface area contributed by atoms with E-state index in [0.29, 0.717) is 11.5 Å². The lowest BCUT2D eigenvalue weighted by atomic mass is 9.93. The van der Waals surface area contributed by atoms with Crippen LogP contribution < -0.4 is 0 Å². The second-order valence-corrected chi connectivity index (χ2v) is 3.72. The number of rotatable bonds is 5. The number of ether oxygens (including phenoxy) is 1. The Labute approximate surface area is 92.2 Å². The van der Waals surface area contributed by atoms with Crippen molar-refractivity contribution < 1.29 is 9.53 Å². The molecule has 0 rings (SSSR count). The highest BCUT2D eigenvalue weighted by Crippen LogP contribution is 2.20. The molecule has 15 heavy (non-hydrogen) atoms. The first-order valence-corrected chi connectivity index (χ1v) is 5.31. The van der Waals surface area contributed by atoms with Gasteiger partial charge in [-0.3, -0.25) is 4.99 Å². The van der Waals surface area contributed by atoms with Crippen LogP contribution in [0.15, 0.2) is 16.1 Å². The first kappa shape index (κ1) is 13.9. The van der Waals surface area contributed by atoms with E-state index >= 15 is 0 Å². The Morgan fingerprint density at radius 2 is 2.07 bits per heavy atom. The van der Waals surface area contributed by atoms with Gasteiger partial charge in [-0.2, -0.15) is 0 Å². The third kappa shape index (κ3) is 4.28. The summed E-state index contributed by atoms with van der Waals surface area (Å²) < 4.78 is 4.75. The Balaban J connectivity index is 5.23. The number of carbonyl (C=O) groups is 1. The second kappa shape index (κ2) is 7.21. The molecule has 0 spiro atoms. The first-order chi connectivity index (χ1) is 7.08.